The molecular weight excluding hydrogens is 384 g/mol. The maximum atomic E-state index is 12.5. The van der Waals surface area contributed by atoms with Crippen LogP contribution >= 0.6 is 0 Å². The number of hydrogen-bond acceptors (Lipinski definition) is 3. The Kier molecular flexibility index (Phi) is 6.44. The van der Waals surface area contributed by atoms with Crippen molar-refractivity contribution in [3.8, 4) is 11.5 Å². The SMILES string of the molecule is Cc1ccc(OCc2ccc(C(=O)Oc3ccc(Cc4ccccc4)cc3)cc2)cc1. The molecule has 4 aromatic carbocycles. The molecule has 0 heterocycles. The Morgan fingerprint density at radius 2 is 1.23 bits per heavy atom. The van der Waals surface area contributed by atoms with Gasteiger partial charge < -0.3 is 9.47 Å². The average molecular weight is 408 g/mol. The van der Waals surface area contributed by atoms with Crippen molar-refractivity contribution < 1.29 is 14.3 Å². The van der Waals surface area contributed by atoms with Gasteiger partial charge in [0.25, 0.3) is 0 Å². The van der Waals surface area contributed by atoms with Gasteiger partial charge in [-0.25, -0.2) is 4.79 Å². The van der Waals surface area contributed by atoms with Crippen LogP contribution in [0.5, 0.6) is 11.5 Å². The van der Waals surface area contributed by atoms with Crippen molar-refractivity contribution in [1.82, 2.24) is 0 Å². The van der Waals surface area contributed by atoms with E-state index in [0.29, 0.717) is 17.9 Å². The summed E-state index contributed by atoms with van der Waals surface area (Å²) in [5.74, 6) is 0.986. The molecule has 0 saturated carbocycles. The number of hydrogen-bond donors (Lipinski definition) is 0. The van der Waals surface area contributed by atoms with Crippen molar-refractivity contribution in [2.24, 2.45) is 0 Å². The minimum Gasteiger partial charge on any atom is -0.489 e. The molecule has 4 aromatic rings. The summed E-state index contributed by atoms with van der Waals surface area (Å²) in [6.45, 7) is 2.49. The van der Waals surface area contributed by atoms with Crippen LogP contribution in [0.4, 0.5) is 0 Å². The largest absolute Gasteiger partial charge is 0.489 e. The highest BCUT2D eigenvalue weighted by Gasteiger charge is 2.09. The van der Waals surface area contributed by atoms with Gasteiger partial charge in [-0.15, -0.1) is 0 Å². The van der Waals surface area contributed by atoms with E-state index in [1.54, 1.807) is 12.1 Å². The van der Waals surface area contributed by atoms with Crippen LogP contribution in [0.3, 0.4) is 0 Å². The molecule has 0 radical (unpaired) electrons. The van der Waals surface area contributed by atoms with Crippen molar-refractivity contribution in [2.45, 2.75) is 20.0 Å². The van der Waals surface area contributed by atoms with Crippen molar-refractivity contribution in [1.29, 1.82) is 0 Å². The fourth-order valence-corrected chi connectivity index (χ4v) is 3.21. The molecule has 0 atom stereocenters. The second-order valence-corrected chi connectivity index (χ2v) is 7.49. The van der Waals surface area contributed by atoms with E-state index < -0.39 is 0 Å². The molecule has 3 nitrogen and oxygen atoms in total. The smallest absolute Gasteiger partial charge is 0.343 e. The first-order chi connectivity index (χ1) is 15.2. The van der Waals surface area contributed by atoms with Gasteiger partial charge in [0.2, 0.25) is 0 Å². The van der Waals surface area contributed by atoms with E-state index in [9.17, 15) is 4.79 Å². The van der Waals surface area contributed by atoms with Gasteiger partial charge in [-0.05, 0) is 66.4 Å². The minimum absolute atomic E-state index is 0.373. The van der Waals surface area contributed by atoms with Crippen molar-refractivity contribution in [3.63, 3.8) is 0 Å². The third-order valence-corrected chi connectivity index (χ3v) is 5.00. The average Bonchev–Trinajstić information content (AvgIpc) is 2.81. The summed E-state index contributed by atoms with van der Waals surface area (Å²) in [6, 6.07) is 33.1. The number of aryl methyl sites for hydroxylation is 1. The molecule has 0 aliphatic rings. The molecule has 0 bridgehead atoms. The van der Waals surface area contributed by atoms with Crippen LogP contribution in [0.15, 0.2) is 103 Å². The molecule has 0 saturated heterocycles. The van der Waals surface area contributed by atoms with Gasteiger partial charge in [0.15, 0.2) is 0 Å². The molecular formula is C28H24O3. The second kappa shape index (κ2) is 9.77. The molecule has 0 aliphatic carbocycles. The first-order valence-corrected chi connectivity index (χ1v) is 10.3. The Morgan fingerprint density at radius 1 is 0.645 bits per heavy atom. The highest BCUT2D eigenvalue weighted by atomic mass is 16.5. The zero-order valence-electron chi connectivity index (χ0n) is 17.5. The van der Waals surface area contributed by atoms with E-state index in [2.05, 4.69) is 12.1 Å². The molecule has 31 heavy (non-hydrogen) atoms. The Morgan fingerprint density at radius 3 is 1.90 bits per heavy atom. The van der Waals surface area contributed by atoms with Crippen LogP contribution in [-0.4, -0.2) is 5.97 Å². The highest BCUT2D eigenvalue weighted by molar-refractivity contribution is 5.91. The Bertz CT molecular complexity index is 1110. The van der Waals surface area contributed by atoms with E-state index >= 15 is 0 Å². The summed E-state index contributed by atoms with van der Waals surface area (Å²) in [4.78, 5) is 12.5. The Labute approximate surface area is 182 Å². The van der Waals surface area contributed by atoms with Crippen LogP contribution in [-0.2, 0) is 13.0 Å². The predicted octanol–water partition coefficient (Wildman–Crippen LogP) is 6.38. The summed E-state index contributed by atoms with van der Waals surface area (Å²) in [5.41, 5.74) is 5.11. The van der Waals surface area contributed by atoms with E-state index in [1.807, 2.05) is 85.8 Å². The molecule has 0 amide bonds. The van der Waals surface area contributed by atoms with Gasteiger partial charge in [-0.2, -0.15) is 0 Å². The van der Waals surface area contributed by atoms with Gasteiger partial charge >= 0.3 is 5.97 Å². The quantitative estimate of drug-likeness (QED) is 0.263. The zero-order valence-corrected chi connectivity index (χ0v) is 17.5. The third-order valence-electron chi connectivity index (χ3n) is 5.00. The van der Waals surface area contributed by atoms with Crippen molar-refractivity contribution in [2.75, 3.05) is 0 Å². The van der Waals surface area contributed by atoms with Crippen LogP contribution in [0.1, 0.15) is 32.6 Å². The zero-order chi connectivity index (χ0) is 21.5. The van der Waals surface area contributed by atoms with Crippen LogP contribution in [0, 0.1) is 6.92 Å². The van der Waals surface area contributed by atoms with Crippen molar-refractivity contribution >= 4 is 5.97 Å². The molecule has 0 aliphatic heterocycles. The van der Waals surface area contributed by atoms with Gasteiger partial charge in [0, 0.05) is 0 Å². The normalized spacial score (nSPS) is 10.5. The highest BCUT2D eigenvalue weighted by Crippen LogP contribution is 2.18. The Balaban J connectivity index is 1.31. The molecule has 0 fully saturated rings. The second-order valence-electron chi connectivity index (χ2n) is 7.49. The summed E-state index contributed by atoms with van der Waals surface area (Å²) in [7, 11) is 0. The molecule has 0 unspecified atom stereocenters. The van der Waals surface area contributed by atoms with Crippen molar-refractivity contribution in [3.05, 3.63) is 131 Å². The van der Waals surface area contributed by atoms with E-state index in [4.69, 9.17) is 9.47 Å². The number of carbonyl (C=O) groups is 1. The van der Waals surface area contributed by atoms with Crippen LogP contribution < -0.4 is 9.47 Å². The Hall–Kier alpha value is -3.85. The van der Waals surface area contributed by atoms with Gasteiger partial charge in [0.05, 0.1) is 5.56 Å². The molecule has 0 N–H and O–H groups in total. The molecule has 3 heteroatoms. The van der Waals surface area contributed by atoms with E-state index in [1.165, 1.54) is 16.7 Å². The molecule has 0 aromatic heterocycles. The molecule has 4 rings (SSSR count). The van der Waals surface area contributed by atoms with Crippen LogP contribution in [0.25, 0.3) is 0 Å². The lowest BCUT2D eigenvalue weighted by atomic mass is 10.1. The minimum atomic E-state index is -0.373. The summed E-state index contributed by atoms with van der Waals surface area (Å²) in [5, 5.41) is 0. The van der Waals surface area contributed by atoms with E-state index in [-0.39, 0.29) is 5.97 Å². The van der Waals surface area contributed by atoms with Gasteiger partial charge in [-0.1, -0.05) is 72.3 Å². The standard InChI is InChI=1S/C28H24O3/c1-21-7-15-26(16-8-21)30-20-24-9-13-25(14-10-24)28(29)31-27-17-11-23(12-18-27)19-22-5-3-2-4-6-22/h2-18H,19-20H2,1H3. The maximum absolute atomic E-state index is 12.5. The molecule has 154 valence electrons. The fourth-order valence-electron chi connectivity index (χ4n) is 3.21. The number of esters is 1. The van der Waals surface area contributed by atoms with Crippen LogP contribution in [0.2, 0.25) is 0 Å². The lowest BCUT2D eigenvalue weighted by Gasteiger charge is -2.08. The lowest BCUT2D eigenvalue weighted by Crippen LogP contribution is -2.08. The topological polar surface area (TPSA) is 35.5 Å². The predicted molar refractivity (Wildman–Crippen MR) is 123 cm³/mol. The number of rotatable bonds is 7. The number of carbonyl (C=O) groups excluding carboxylic acids is 1. The number of benzene rings is 4. The number of ether oxygens (including phenoxy) is 2. The monoisotopic (exact) mass is 408 g/mol. The maximum Gasteiger partial charge on any atom is 0.343 e. The van der Waals surface area contributed by atoms with E-state index in [0.717, 1.165) is 17.7 Å². The first kappa shape index (κ1) is 20.4. The summed E-state index contributed by atoms with van der Waals surface area (Å²) >= 11 is 0. The molecule has 0 spiro atoms. The fraction of sp³-hybridized carbons (Fsp3) is 0.107. The summed E-state index contributed by atoms with van der Waals surface area (Å²) < 4.78 is 11.3. The third kappa shape index (κ3) is 5.83. The lowest BCUT2D eigenvalue weighted by molar-refractivity contribution is 0.0734. The van der Waals surface area contributed by atoms with Gasteiger partial charge in [0.1, 0.15) is 18.1 Å². The summed E-state index contributed by atoms with van der Waals surface area (Å²) in [6.07, 6.45) is 0.848. The first-order valence-electron chi connectivity index (χ1n) is 10.3. The van der Waals surface area contributed by atoms with Gasteiger partial charge in [-0.3, -0.25) is 0 Å².